The zero-order valence-corrected chi connectivity index (χ0v) is 13.4. The lowest BCUT2D eigenvalue weighted by atomic mass is 10.1. The molecule has 0 saturated carbocycles. The third-order valence-electron chi connectivity index (χ3n) is 2.38. The molecule has 0 aromatic heterocycles. The van der Waals surface area contributed by atoms with Gasteiger partial charge < -0.3 is 4.74 Å². The van der Waals surface area contributed by atoms with Crippen LogP contribution in [0.3, 0.4) is 0 Å². The van der Waals surface area contributed by atoms with Gasteiger partial charge in [0.2, 0.25) is 0 Å². The van der Waals surface area contributed by atoms with Crippen LogP contribution in [0.1, 0.15) is 53.4 Å². The highest BCUT2D eigenvalue weighted by atomic mass is 32.2. The first kappa shape index (κ1) is 20.2. The van der Waals surface area contributed by atoms with Gasteiger partial charge in [-0.25, -0.2) is 13.1 Å². The highest BCUT2D eigenvalue weighted by Crippen LogP contribution is 2.23. The van der Waals surface area contributed by atoms with E-state index in [0.717, 1.165) is 0 Å². The Balaban J connectivity index is 4.62. The fourth-order valence-corrected chi connectivity index (χ4v) is 2.39. The largest absolute Gasteiger partial charge is 0.511 e. The number of carbonyl (C=O) groups is 1. The van der Waals surface area contributed by atoms with E-state index in [1.165, 1.54) is 0 Å². The number of sulfonamides is 1. The molecule has 21 heavy (non-hydrogen) atoms. The van der Waals surface area contributed by atoms with Gasteiger partial charge in [-0.1, -0.05) is 13.3 Å². The van der Waals surface area contributed by atoms with Gasteiger partial charge in [-0.15, -0.1) is 0 Å². The smallest absolute Gasteiger partial charge is 0.460 e. The van der Waals surface area contributed by atoms with E-state index in [1.54, 1.807) is 32.4 Å². The van der Waals surface area contributed by atoms with Crippen molar-refractivity contribution in [3.8, 4) is 0 Å². The Bertz CT molecular complexity index is 440. The molecular formula is C12H22F3NO4S. The van der Waals surface area contributed by atoms with Gasteiger partial charge in [0.15, 0.2) is 0 Å². The van der Waals surface area contributed by atoms with Crippen molar-refractivity contribution in [2.45, 2.75) is 70.5 Å². The second-order valence-corrected chi connectivity index (χ2v) is 7.38. The lowest BCUT2D eigenvalue weighted by Gasteiger charge is -2.22. The molecule has 1 atom stereocenters. The lowest BCUT2D eigenvalue weighted by molar-refractivity contribution is -0.155. The second-order valence-electron chi connectivity index (χ2n) is 5.68. The van der Waals surface area contributed by atoms with E-state index in [4.69, 9.17) is 4.74 Å². The topological polar surface area (TPSA) is 72.5 Å². The van der Waals surface area contributed by atoms with Gasteiger partial charge in [0.05, 0.1) is 0 Å². The first-order valence-corrected chi connectivity index (χ1v) is 8.07. The number of hydrogen-bond acceptors (Lipinski definition) is 4. The molecule has 0 fully saturated rings. The van der Waals surface area contributed by atoms with Crippen LogP contribution in [0.25, 0.3) is 0 Å². The van der Waals surface area contributed by atoms with Crippen molar-refractivity contribution < 1.29 is 31.1 Å². The molecule has 0 spiro atoms. The lowest BCUT2D eigenvalue weighted by Crippen LogP contribution is -2.43. The van der Waals surface area contributed by atoms with E-state index >= 15 is 0 Å². The molecule has 9 heteroatoms. The molecule has 0 aliphatic carbocycles. The maximum atomic E-state index is 12.3. The summed E-state index contributed by atoms with van der Waals surface area (Å²) in [5, 5.41) is 0. The summed E-state index contributed by atoms with van der Waals surface area (Å²) in [4.78, 5) is 11.5. The zero-order valence-electron chi connectivity index (χ0n) is 12.6. The molecule has 0 aliphatic heterocycles. The van der Waals surface area contributed by atoms with Crippen molar-refractivity contribution in [2.75, 3.05) is 0 Å². The van der Waals surface area contributed by atoms with Crippen LogP contribution >= 0.6 is 0 Å². The fraction of sp³-hybridized carbons (Fsp3) is 0.917. The molecule has 0 aromatic rings. The molecule has 0 rings (SSSR count). The van der Waals surface area contributed by atoms with Crippen LogP contribution in [0, 0.1) is 0 Å². The Kier molecular flexibility index (Phi) is 7.14. The number of nitrogens with one attached hydrogen (secondary N) is 1. The van der Waals surface area contributed by atoms with Gasteiger partial charge in [-0.2, -0.15) is 13.2 Å². The fourth-order valence-electron chi connectivity index (χ4n) is 1.58. The van der Waals surface area contributed by atoms with E-state index < -0.39 is 33.1 Å². The molecule has 0 heterocycles. The van der Waals surface area contributed by atoms with Gasteiger partial charge in [-0.05, 0) is 33.6 Å². The van der Waals surface area contributed by atoms with Crippen molar-refractivity contribution in [1.29, 1.82) is 0 Å². The van der Waals surface area contributed by atoms with Crippen molar-refractivity contribution in [3.63, 3.8) is 0 Å². The van der Waals surface area contributed by atoms with Crippen LogP contribution in [0.15, 0.2) is 0 Å². The molecule has 1 unspecified atom stereocenters. The zero-order chi connectivity index (χ0) is 16.9. The van der Waals surface area contributed by atoms with Crippen LogP contribution in [-0.4, -0.2) is 31.5 Å². The summed E-state index contributed by atoms with van der Waals surface area (Å²) in [5.74, 6) is -0.574. The van der Waals surface area contributed by atoms with Crippen LogP contribution < -0.4 is 4.72 Å². The van der Waals surface area contributed by atoms with E-state index in [0.29, 0.717) is 6.42 Å². The van der Waals surface area contributed by atoms with E-state index in [-0.39, 0.29) is 19.3 Å². The maximum absolute atomic E-state index is 12.3. The van der Waals surface area contributed by atoms with Crippen LogP contribution in [0.2, 0.25) is 0 Å². The van der Waals surface area contributed by atoms with Crippen molar-refractivity contribution in [2.24, 2.45) is 0 Å². The molecule has 0 aromatic carbocycles. The SMILES string of the molecule is CCCC(CCC(=O)OC(C)(C)C)NS(=O)(=O)C(F)(F)F. The maximum Gasteiger partial charge on any atom is 0.511 e. The third-order valence-corrected chi connectivity index (χ3v) is 3.63. The van der Waals surface area contributed by atoms with Gasteiger partial charge in [-0.3, -0.25) is 4.79 Å². The van der Waals surface area contributed by atoms with Gasteiger partial charge in [0.1, 0.15) is 5.60 Å². The number of rotatable bonds is 7. The van der Waals surface area contributed by atoms with Gasteiger partial charge >= 0.3 is 21.5 Å². The predicted octanol–water partition coefficient (Wildman–Crippen LogP) is 2.72. The molecule has 126 valence electrons. The minimum atomic E-state index is -5.40. The first-order chi connectivity index (χ1) is 9.28. The quantitative estimate of drug-likeness (QED) is 0.727. The molecule has 0 bridgehead atoms. The number of hydrogen-bond donors (Lipinski definition) is 1. The van der Waals surface area contributed by atoms with Crippen LogP contribution in [0.4, 0.5) is 13.2 Å². The second kappa shape index (κ2) is 7.44. The molecule has 0 amide bonds. The predicted molar refractivity (Wildman–Crippen MR) is 71.9 cm³/mol. The average Bonchev–Trinajstić information content (AvgIpc) is 2.21. The number of alkyl halides is 3. The Morgan fingerprint density at radius 3 is 2.10 bits per heavy atom. The van der Waals surface area contributed by atoms with Crippen molar-refractivity contribution in [3.05, 3.63) is 0 Å². The highest BCUT2D eigenvalue weighted by molar-refractivity contribution is 7.90. The molecule has 1 N–H and O–H groups in total. The summed E-state index contributed by atoms with van der Waals surface area (Å²) in [7, 11) is -5.40. The Labute approximate surface area is 123 Å². The van der Waals surface area contributed by atoms with Gasteiger partial charge in [0, 0.05) is 12.5 Å². The highest BCUT2D eigenvalue weighted by Gasteiger charge is 2.46. The number of esters is 1. The number of carbonyl (C=O) groups excluding carboxylic acids is 1. The third kappa shape index (κ3) is 8.25. The van der Waals surface area contributed by atoms with Crippen molar-refractivity contribution >= 4 is 16.0 Å². The summed E-state index contributed by atoms with van der Waals surface area (Å²) in [6.07, 6.45) is 0.498. The molecule has 0 aliphatic rings. The monoisotopic (exact) mass is 333 g/mol. The average molecular weight is 333 g/mol. The summed E-state index contributed by atoms with van der Waals surface area (Å²) < 4.78 is 65.7. The number of halogens is 3. The van der Waals surface area contributed by atoms with Crippen LogP contribution in [-0.2, 0) is 19.6 Å². The molecule has 0 saturated heterocycles. The van der Waals surface area contributed by atoms with E-state index in [9.17, 15) is 26.4 Å². The Hall–Kier alpha value is -0.830. The summed E-state index contributed by atoms with van der Waals surface area (Å²) in [6.45, 7) is 6.71. The standard InChI is InChI=1S/C12H22F3NO4S/c1-5-6-9(16-21(18,19)12(13,14)15)7-8-10(17)20-11(2,3)4/h9,16H,5-8H2,1-4H3. The number of ether oxygens (including phenoxy) is 1. The van der Waals surface area contributed by atoms with Gasteiger partial charge in [0.25, 0.3) is 0 Å². The summed E-state index contributed by atoms with van der Waals surface area (Å²) >= 11 is 0. The normalized spacial score (nSPS) is 14.8. The molecule has 0 radical (unpaired) electrons. The van der Waals surface area contributed by atoms with Crippen LogP contribution in [0.5, 0.6) is 0 Å². The first-order valence-electron chi connectivity index (χ1n) is 6.59. The summed E-state index contributed by atoms with van der Waals surface area (Å²) in [6, 6.07) is -0.950. The van der Waals surface area contributed by atoms with E-state index in [1.807, 2.05) is 0 Å². The Morgan fingerprint density at radius 1 is 1.19 bits per heavy atom. The Morgan fingerprint density at radius 2 is 1.71 bits per heavy atom. The van der Waals surface area contributed by atoms with E-state index in [2.05, 4.69) is 0 Å². The summed E-state index contributed by atoms with van der Waals surface area (Å²) in [5.41, 5.74) is -6.05. The van der Waals surface area contributed by atoms with Crippen molar-refractivity contribution in [1.82, 2.24) is 4.72 Å². The minimum Gasteiger partial charge on any atom is -0.460 e. The molecule has 5 nitrogen and oxygen atoms in total. The molecular weight excluding hydrogens is 311 g/mol. The minimum absolute atomic E-state index is 0.0436.